The van der Waals surface area contributed by atoms with Crippen LogP contribution in [-0.4, -0.2) is 46.6 Å². The van der Waals surface area contributed by atoms with E-state index < -0.39 is 0 Å². The Morgan fingerprint density at radius 3 is 2.86 bits per heavy atom. The number of aliphatic hydroxyl groups is 1. The Balaban J connectivity index is 2.04. The average Bonchev–Trinajstić information content (AvgIpc) is 2.52. The third-order valence-electron chi connectivity index (χ3n) is 4.13. The number of amides is 1. The molecule has 1 aliphatic rings. The zero-order valence-electron chi connectivity index (χ0n) is 12.9. The number of hydrogen-bond donors (Lipinski definition) is 2. The molecule has 0 aromatic carbocycles. The highest BCUT2D eigenvalue weighted by atomic mass is 16.3. The Kier molecular flexibility index (Phi) is 5.56. The molecule has 0 aliphatic carbocycles. The predicted molar refractivity (Wildman–Crippen MR) is 83.3 cm³/mol. The molecule has 1 aliphatic heterocycles. The zero-order chi connectivity index (χ0) is 15.2. The largest absolute Gasteiger partial charge is 0.393 e. The maximum absolute atomic E-state index is 12.7. The monoisotopic (exact) mass is 291 g/mol. The van der Waals surface area contributed by atoms with Crippen molar-refractivity contribution in [3.63, 3.8) is 0 Å². The Hall–Kier alpha value is -1.62. The Labute approximate surface area is 126 Å². The molecule has 1 aromatic heterocycles. The molecule has 5 heteroatoms. The fraction of sp³-hybridized carbons (Fsp3) is 0.625. The molecule has 5 nitrogen and oxygen atoms in total. The molecule has 1 unspecified atom stereocenters. The van der Waals surface area contributed by atoms with Crippen molar-refractivity contribution in [2.45, 2.75) is 39.2 Å². The van der Waals surface area contributed by atoms with E-state index in [2.05, 4.69) is 17.2 Å². The Morgan fingerprint density at radius 1 is 1.52 bits per heavy atom. The summed E-state index contributed by atoms with van der Waals surface area (Å²) in [6.07, 6.45) is 5.82. The first-order chi connectivity index (χ1) is 10.1. The normalized spacial score (nSPS) is 17.6. The first kappa shape index (κ1) is 15.8. The van der Waals surface area contributed by atoms with E-state index >= 15 is 0 Å². The number of carbonyl (C=O) groups excluding carboxylic acids is 1. The molecule has 0 radical (unpaired) electrons. The third-order valence-corrected chi connectivity index (χ3v) is 4.13. The molecule has 1 aromatic rings. The van der Waals surface area contributed by atoms with Crippen LogP contribution in [0.3, 0.4) is 0 Å². The Morgan fingerprint density at radius 2 is 2.24 bits per heavy atom. The van der Waals surface area contributed by atoms with Crippen LogP contribution in [0.5, 0.6) is 0 Å². The van der Waals surface area contributed by atoms with Crippen molar-refractivity contribution in [3.05, 3.63) is 24.0 Å². The number of rotatable bonds is 5. The molecule has 1 atom stereocenters. The number of piperidine rings is 1. The number of pyridine rings is 1. The second-order valence-corrected chi connectivity index (χ2v) is 5.72. The standard InChI is InChI=1S/C16H25N3O2/c1-3-7-18-15-11-17-8-4-14(15)16(21)19-9-5-13(6-10-19)12(2)20/h4,8,11-13,18,20H,3,5-7,9-10H2,1-2H3. The summed E-state index contributed by atoms with van der Waals surface area (Å²) in [5.41, 5.74) is 1.50. The van der Waals surface area contributed by atoms with Crippen LogP contribution in [0.2, 0.25) is 0 Å². The van der Waals surface area contributed by atoms with E-state index in [1.54, 1.807) is 18.5 Å². The summed E-state index contributed by atoms with van der Waals surface area (Å²) < 4.78 is 0. The van der Waals surface area contributed by atoms with Crippen molar-refractivity contribution in [2.75, 3.05) is 25.0 Å². The number of carbonyl (C=O) groups is 1. The van der Waals surface area contributed by atoms with E-state index in [0.717, 1.165) is 31.5 Å². The van der Waals surface area contributed by atoms with Gasteiger partial charge in [-0.2, -0.15) is 0 Å². The van der Waals surface area contributed by atoms with Gasteiger partial charge in [-0.1, -0.05) is 6.92 Å². The summed E-state index contributed by atoms with van der Waals surface area (Å²) in [6, 6.07) is 1.78. The van der Waals surface area contributed by atoms with Crippen LogP contribution in [0, 0.1) is 5.92 Å². The van der Waals surface area contributed by atoms with E-state index in [0.29, 0.717) is 24.6 Å². The molecule has 0 bridgehead atoms. The summed E-state index contributed by atoms with van der Waals surface area (Å²) in [6.45, 7) is 6.17. The van der Waals surface area contributed by atoms with Crippen LogP contribution >= 0.6 is 0 Å². The van der Waals surface area contributed by atoms with Gasteiger partial charge < -0.3 is 15.3 Å². The van der Waals surface area contributed by atoms with Gasteiger partial charge >= 0.3 is 0 Å². The fourth-order valence-electron chi connectivity index (χ4n) is 2.74. The molecule has 21 heavy (non-hydrogen) atoms. The van der Waals surface area contributed by atoms with Crippen molar-refractivity contribution in [3.8, 4) is 0 Å². The van der Waals surface area contributed by atoms with Crippen LogP contribution in [0.4, 0.5) is 5.69 Å². The highest BCUT2D eigenvalue weighted by Gasteiger charge is 2.27. The van der Waals surface area contributed by atoms with Crippen LogP contribution < -0.4 is 5.32 Å². The summed E-state index contributed by atoms with van der Waals surface area (Å²) in [5, 5.41) is 12.9. The topological polar surface area (TPSA) is 65.5 Å². The summed E-state index contributed by atoms with van der Waals surface area (Å²) in [7, 11) is 0. The maximum Gasteiger partial charge on any atom is 0.256 e. The lowest BCUT2D eigenvalue weighted by Crippen LogP contribution is -2.41. The molecule has 2 rings (SSSR count). The van der Waals surface area contributed by atoms with Gasteiger partial charge in [0.15, 0.2) is 0 Å². The van der Waals surface area contributed by atoms with Gasteiger partial charge in [0, 0.05) is 25.8 Å². The SMILES string of the molecule is CCCNc1cnccc1C(=O)N1CCC(C(C)O)CC1. The molecule has 1 saturated heterocycles. The van der Waals surface area contributed by atoms with Crippen molar-refractivity contribution in [1.29, 1.82) is 0 Å². The average molecular weight is 291 g/mol. The summed E-state index contributed by atoms with van der Waals surface area (Å²) >= 11 is 0. The van der Waals surface area contributed by atoms with Crippen LogP contribution in [0.1, 0.15) is 43.5 Å². The third kappa shape index (κ3) is 3.94. The van der Waals surface area contributed by atoms with E-state index in [1.165, 1.54) is 0 Å². The molecule has 0 spiro atoms. The van der Waals surface area contributed by atoms with Gasteiger partial charge in [0.25, 0.3) is 5.91 Å². The minimum atomic E-state index is -0.287. The molecule has 2 heterocycles. The quantitative estimate of drug-likeness (QED) is 0.872. The molecule has 1 fully saturated rings. The lowest BCUT2D eigenvalue weighted by molar-refractivity contribution is 0.0522. The maximum atomic E-state index is 12.7. The Bertz CT molecular complexity index is 468. The number of likely N-dealkylation sites (tertiary alicyclic amines) is 1. The highest BCUT2D eigenvalue weighted by Crippen LogP contribution is 2.23. The van der Waals surface area contributed by atoms with Crippen molar-refractivity contribution in [1.82, 2.24) is 9.88 Å². The lowest BCUT2D eigenvalue weighted by atomic mass is 9.92. The number of nitrogens with one attached hydrogen (secondary N) is 1. The van der Waals surface area contributed by atoms with E-state index in [9.17, 15) is 9.90 Å². The molecule has 116 valence electrons. The van der Waals surface area contributed by atoms with Gasteiger partial charge in [0.2, 0.25) is 0 Å². The van der Waals surface area contributed by atoms with Crippen molar-refractivity contribution >= 4 is 11.6 Å². The van der Waals surface area contributed by atoms with Crippen LogP contribution in [0.15, 0.2) is 18.5 Å². The lowest BCUT2D eigenvalue weighted by Gasteiger charge is -2.33. The van der Waals surface area contributed by atoms with Crippen molar-refractivity contribution in [2.24, 2.45) is 5.92 Å². The van der Waals surface area contributed by atoms with Gasteiger partial charge in [-0.25, -0.2) is 0 Å². The van der Waals surface area contributed by atoms with E-state index in [4.69, 9.17) is 0 Å². The summed E-state index contributed by atoms with van der Waals surface area (Å²) in [4.78, 5) is 18.6. The van der Waals surface area contributed by atoms with Gasteiger partial charge in [0.05, 0.1) is 23.6 Å². The second kappa shape index (κ2) is 7.41. The van der Waals surface area contributed by atoms with Gasteiger partial charge in [-0.3, -0.25) is 9.78 Å². The van der Waals surface area contributed by atoms with Crippen LogP contribution in [-0.2, 0) is 0 Å². The second-order valence-electron chi connectivity index (χ2n) is 5.72. The highest BCUT2D eigenvalue weighted by molar-refractivity contribution is 5.99. The molecule has 1 amide bonds. The summed E-state index contributed by atoms with van der Waals surface area (Å²) in [5.74, 6) is 0.365. The van der Waals surface area contributed by atoms with E-state index in [-0.39, 0.29) is 12.0 Å². The number of anilines is 1. The van der Waals surface area contributed by atoms with Gasteiger partial charge in [0.1, 0.15) is 0 Å². The molecule has 2 N–H and O–H groups in total. The van der Waals surface area contributed by atoms with E-state index in [1.807, 2.05) is 11.8 Å². The van der Waals surface area contributed by atoms with Gasteiger partial charge in [-0.15, -0.1) is 0 Å². The number of nitrogens with zero attached hydrogens (tertiary/aromatic N) is 2. The van der Waals surface area contributed by atoms with Crippen LogP contribution in [0.25, 0.3) is 0 Å². The fourth-order valence-corrected chi connectivity index (χ4v) is 2.74. The minimum absolute atomic E-state index is 0.0556. The molecular formula is C16H25N3O2. The number of aliphatic hydroxyl groups excluding tert-OH is 1. The number of aromatic nitrogens is 1. The molecule has 0 saturated carbocycles. The zero-order valence-corrected chi connectivity index (χ0v) is 12.9. The smallest absolute Gasteiger partial charge is 0.256 e. The van der Waals surface area contributed by atoms with Crippen molar-refractivity contribution < 1.29 is 9.90 Å². The predicted octanol–water partition coefficient (Wildman–Crippen LogP) is 2.14. The molecular weight excluding hydrogens is 266 g/mol. The number of hydrogen-bond acceptors (Lipinski definition) is 4. The first-order valence-electron chi connectivity index (χ1n) is 7.78. The first-order valence-corrected chi connectivity index (χ1v) is 7.78. The van der Waals surface area contributed by atoms with Gasteiger partial charge in [-0.05, 0) is 38.2 Å². The minimum Gasteiger partial charge on any atom is -0.393 e.